The average molecular weight is 475 g/mol. The lowest BCUT2D eigenvalue weighted by atomic mass is 10.1. The van der Waals surface area contributed by atoms with Crippen LogP contribution in [0.15, 0.2) is 88.5 Å². The van der Waals surface area contributed by atoms with E-state index < -0.39 is 17.2 Å². The number of carbonyl (C=O) groups excluding carboxylic acids is 1. The van der Waals surface area contributed by atoms with Crippen molar-refractivity contribution in [3.05, 3.63) is 127 Å². The molecule has 1 unspecified atom stereocenters. The summed E-state index contributed by atoms with van der Waals surface area (Å²) in [6.45, 7) is 3.59. The van der Waals surface area contributed by atoms with E-state index in [4.69, 9.17) is 11.6 Å². The number of nitrogens with one attached hydrogen (secondary N) is 1. The minimum Gasteiger partial charge on any atom is -0.344 e. The van der Waals surface area contributed by atoms with Crippen LogP contribution in [0, 0.1) is 6.92 Å². The van der Waals surface area contributed by atoms with Gasteiger partial charge in [0.05, 0.1) is 18.3 Å². The second-order valence-corrected chi connectivity index (χ2v) is 8.38. The summed E-state index contributed by atoms with van der Waals surface area (Å²) in [5.41, 5.74) is 0.973. The van der Waals surface area contributed by atoms with Crippen molar-refractivity contribution >= 4 is 17.5 Å². The summed E-state index contributed by atoms with van der Waals surface area (Å²) in [5, 5.41) is 7.40. The maximum Gasteiger partial charge on any atom is 0.352 e. The van der Waals surface area contributed by atoms with E-state index in [0.29, 0.717) is 16.3 Å². The molecule has 0 fully saturated rings. The van der Waals surface area contributed by atoms with Gasteiger partial charge in [0.25, 0.3) is 11.5 Å². The van der Waals surface area contributed by atoms with Gasteiger partial charge in [-0.05, 0) is 48.7 Å². The van der Waals surface area contributed by atoms with Crippen LogP contribution in [0.1, 0.15) is 40.1 Å². The second kappa shape index (κ2) is 9.89. The Bertz CT molecular complexity index is 1460. The molecule has 34 heavy (non-hydrogen) atoms. The fraction of sp³-hybridized carbons (Fsp3) is 0.154. The summed E-state index contributed by atoms with van der Waals surface area (Å²) in [6.07, 6.45) is 0. The van der Waals surface area contributed by atoms with Gasteiger partial charge in [-0.1, -0.05) is 72.3 Å². The molecule has 1 amide bonds. The Morgan fingerprint density at radius 1 is 1.00 bits per heavy atom. The number of nitrogens with zero attached hydrogens (tertiary/aromatic N) is 3. The van der Waals surface area contributed by atoms with Crippen LogP contribution in [-0.2, 0) is 6.54 Å². The summed E-state index contributed by atoms with van der Waals surface area (Å²) in [6, 6.07) is 23.0. The molecule has 1 atom stereocenters. The van der Waals surface area contributed by atoms with Gasteiger partial charge in [-0.2, -0.15) is 9.78 Å². The van der Waals surface area contributed by atoms with E-state index in [1.165, 1.54) is 0 Å². The number of rotatable bonds is 6. The number of halogens is 1. The lowest BCUT2D eigenvalue weighted by Crippen LogP contribution is -2.46. The third-order valence-electron chi connectivity index (χ3n) is 5.45. The monoisotopic (exact) mass is 474 g/mol. The third kappa shape index (κ3) is 4.84. The van der Waals surface area contributed by atoms with Crippen LogP contribution in [0.3, 0.4) is 0 Å². The van der Waals surface area contributed by atoms with Crippen molar-refractivity contribution in [1.82, 2.24) is 19.7 Å². The fourth-order valence-corrected chi connectivity index (χ4v) is 3.81. The average Bonchev–Trinajstić information content (AvgIpc) is 2.83. The topological polar surface area (TPSA) is 86.0 Å². The largest absolute Gasteiger partial charge is 0.352 e. The Morgan fingerprint density at radius 3 is 2.41 bits per heavy atom. The highest BCUT2D eigenvalue weighted by atomic mass is 35.5. The molecule has 172 valence electrons. The predicted molar refractivity (Wildman–Crippen MR) is 132 cm³/mol. The van der Waals surface area contributed by atoms with Gasteiger partial charge in [-0.3, -0.25) is 14.2 Å². The minimum absolute atomic E-state index is 0.0970. The minimum atomic E-state index is -0.786. The molecule has 4 rings (SSSR count). The van der Waals surface area contributed by atoms with Gasteiger partial charge in [0.15, 0.2) is 0 Å². The number of aromatic nitrogens is 3. The highest BCUT2D eigenvalue weighted by molar-refractivity contribution is 6.31. The highest BCUT2D eigenvalue weighted by Crippen LogP contribution is 2.16. The van der Waals surface area contributed by atoms with Crippen molar-refractivity contribution in [2.45, 2.75) is 26.4 Å². The van der Waals surface area contributed by atoms with Crippen molar-refractivity contribution in [3.8, 4) is 5.69 Å². The number of benzene rings is 3. The smallest absolute Gasteiger partial charge is 0.344 e. The predicted octanol–water partition coefficient (Wildman–Crippen LogP) is 3.90. The zero-order chi connectivity index (χ0) is 24.2. The second-order valence-electron chi connectivity index (χ2n) is 7.97. The van der Waals surface area contributed by atoms with Crippen LogP contribution >= 0.6 is 11.6 Å². The molecule has 0 saturated carbocycles. The van der Waals surface area contributed by atoms with E-state index >= 15 is 0 Å². The van der Waals surface area contributed by atoms with Crippen molar-refractivity contribution in [3.63, 3.8) is 0 Å². The van der Waals surface area contributed by atoms with Crippen molar-refractivity contribution in [2.75, 3.05) is 0 Å². The van der Waals surface area contributed by atoms with Gasteiger partial charge in [-0.25, -0.2) is 4.79 Å². The standard InChI is InChI=1S/C26H23ClN4O3/c1-17-9-8-13-21(15-17)31-26(34)30(16-20-12-6-7-14-22(20)27)25(33)23(29-31)24(32)28-18(2)19-10-4-3-5-11-19/h3-15,18H,16H2,1-2H3,(H,28,32). The van der Waals surface area contributed by atoms with Crippen molar-refractivity contribution < 1.29 is 4.79 Å². The van der Waals surface area contributed by atoms with Crippen molar-refractivity contribution in [2.24, 2.45) is 0 Å². The highest BCUT2D eigenvalue weighted by Gasteiger charge is 2.22. The SMILES string of the molecule is Cc1cccc(-n2nc(C(=O)NC(C)c3ccccc3)c(=O)n(Cc3ccccc3Cl)c2=O)c1. The van der Waals surface area contributed by atoms with Crippen LogP contribution < -0.4 is 16.6 Å². The molecule has 0 saturated heterocycles. The zero-order valence-electron chi connectivity index (χ0n) is 18.7. The van der Waals surface area contributed by atoms with E-state index in [9.17, 15) is 14.4 Å². The lowest BCUT2D eigenvalue weighted by Gasteiger charge is -2.16. The summed E-state index contributed by atoms with van der Waals surface area (Å²) < 4.78 is 2.06. The Balaban J connectivity index is 1.83. The van der Waals surface area contributed by atoms with E-state index in [0.717, 1.165) is 20.4 Å². The van der Waals surface area contributed by atoms with Crippen LogP contribution in [-0.4, -0.2) is 20.3 Å². The summed E-state index contributed by atoms with van der Waals surface area (Å²) in [7, 11) is 0. The van der Waals surface area contributed by atoms with E-state index in [2.05, 4.69) is 10.4 Å². The zero-order valence-corrected chi connectivity index (χ0v) is 19.5. The molecule has 0 aliphatic heterocycles. The van der Waals surface area contributed by atoms with Gasteiger partial charge in [-0.15, -0.1) is 0 Å². The molecule has 4 aromatic rings. The number of amides is 1. The van der Waals surface area contributed by atoms with Crippen LogP contribution in [0.2, 0.25) is 5.02 Å². The molecule has 1 heterocycles. The maximum absolute atomic E-state index is 13.3. The Labute approximate surface area is 201 Å². The van der Waals surface area contributed by atoms with Crippen LogP contribution in [0.25, 0.3) is 5.69 Å². The summed E-state index contributed by atoms with van der Waals surface area (Å²) in [4.78, 5) is 39.8. The molecular formula is C26H23ClN4O3. The van der Waals surface area contributed by atoms with Gasteiger partial charge in [0, 0.05) is 5.02 Å². The number of hydrogen-bond donors (Lipinski definition) is 1. The Morgan fingerprint density at radius 2 is 1.71 bits per heavy atom. The van der Waals surface area contributed by atoms with Gasteiger partial charge in [0.1, 0.15) is 0 Å². The first-order chi connectivity index (χ1) is 16.3. The summed E-state index contributed by atoms with van der Waals surface area (Å²) >= 11 is 6.28. The Kier molecular flexibility index (Phi) is 6.75. The third-order valence-corrected chi connectivity index (χ3v) is 5.82. The first kappa shape index (κ1) is 23.2. The molecule has 0 aliphatic rings. The summed E-state index contributed by atoms with van der Waals surface area (Å²) in [5.74, 6) is -0.671. The molecule has 3 aromatic carbocycles. The van der Waals surface area contributed by atoms with Crippen LogP contribution in [0.5, 0.6) is 0 Å². The van der Waals surface area contributed by atoms with Crippen molar-refractivity contribution in [1.29, 1.82) is 0 Å². The molecular weight excluding hydrogens is 452 g/mol. The molecule has 7 nitrogen and oxygen atoms in total. The van der Waals surface area contributed by atoms with E-state index in [1.807, 2.05) is 50.2 Å². The number of carbonyl (C=O) groups is 1. The molecule has 1 aromatic heterocycles. The van der Waals surface area contributed by atoms with E-state index in [1.54, 1.807) is 42.5 Å². The molecule has 0 bridgehead atoms. The van der Waals surface area contributed by atoms with Gasteiger partial charge in [0.2, 0.25) is 5.69 Å². The van der Waals surface area contributed by atoms with Gasteiger partial charge >= 0.3 is 5.69 Å². The molecule has 0 radical (unpaired) electrons. The fourth-order valence-electron chi connectivity index (χ4n) is 3.61. The Hall–Kier alpha value is -3.97. The molecule has 0 spiro atoms. The lowest BCUT2D eigenvalue weighted by molar-refractivity contribution is 0.0930. The van der Waals surface area contributed by atoms with E-state index in [-0.39, 0.29) is 18.3 Å². The molecule has 8 heteroatoms. The maximum atomic E-state index is 13.3. The van der Waals surface area contributed by atoms with Gasteiger partial charge < -0.3 is 5.32 Å². The van der Waals surface area contributed by atoms with Crippen LogP contribution in [0.4, 0.5) is 0 Å². The first-order valence-electron chi connectivity index (χ1n) is 10.8. The number of aryl methyl sites for hydroxylation is 1. The number of hydrogen-bond acceptors (Lipinski definition) is 4. The molecule has 0 aliphatic carbocycles. The first-order valence-corrected chi connectivity index (χ1v) is 11.1. The quantitative estimate of drug-likeness (QED) is 0.459. The molecule has 1 N–H and O–H groups in total. The normalized spacial score (nSPS) is 11.7.